The molecule has 1 atom stereocenters. The summed E-state index contributed by atoms with van der Waals surface area (Å²) in [5, 5.41) is 0. The minimum Gasteiger partial charge on any atom is -0.484 e. The van der Waals surface area contributed by atoms with Crippen molar-refractivity contribution in [1.29, 1.82) is 0 Å². The zero-order valence-electron chi connectivity index (χ0n) is 21.8. The van der Waals surface area contributed by atoms with Crippen molar-refractivity contribution in [2.45, 2.75) is 32.7 Å². The SMILES string of the molecule is CCOC(=O)[C@H]1CCCN(C(=O)Cc2ccc(N(Cc3ccccc3)C(=O)COc3ccccc3)cc2)C1. The summed E-state index contributed by atoms with van der Waals surface area (Å²) in [6, 6.07) is 26.5. The van der Waals surface area contributed by atoms with Gasteiger partial charge in [0.2, 0.25) is 5.91 Å². The first kappa shape index (κ1) is 26.9. The fourth-order valence-corrected chi connectivity index (χ4v) is 4.57. The van der Waals surface area contributed by atoms with Crippen LogP contribution in [0.15, 0.2) is 84.9 Å². The van der Waals surface area contributed by atoms with Crippen LogP contribution in [0.1, 0.15) is 30.9 Å². The Morgan fingerprint density at radius 3 is 2.26 bits per heavy atom. The Morgan fingerprint density at radius 1 is 0.895 bits per heavy atom. The van der Waals surface area contributed by atoms with Crippen LogP contribution in [0, 0.1) is 5.92 Å². The molecule has 0 bridgehead atoms. The third-order valence-corrected chi connectivity index (χ3v) is 6.59. The van der Waals surface area contributed by atoms with Crippen LogP contribution in [-0.4, -0.2) is 49.0 Å². The van der Waals surface area contributed by atoms with E-state index in [0.29, 0.717) is 32.0 Å². The van der Waals surface area contributed by atoms with Crippen molar-refractivity contribution in [2.24, 2.45) is 5.92 Å². The quantitative estimate of drug-likeness (QED) is 0.369. The highest BCUT2D eigenvalue weighted by Crippen LogP contribution is 2.22. The molecule has 0 N–H and O–H groups in total. The molecule has 1 aliphatic heterocycles. The van der Waals surface area contributed by atoms with Crippen LogP contribution in [0.4, 0.5) is 5.69 Å². The van der Waals surface area contributed by atoms with Gasteiger partial charge in [-0.2, -0.15) is 0 Å². The Kier molecular flexibility index (Phi) is 9.51. The second kappa shape index (κ2) is 13.4. The summed E-state index contributed by atoms with van der Waals surface area (Å²) in [5.74, 6) is -0.0307. The van der Waals surface area contributed by atoms with Crippen LogP contribution in [0.5, 0.6) is 5.75 Å². The van der Waals surface area contributed by atoms with E-state index in [-0.39, 0.29) is 36.7 Å². The van der Waals surface area contributed by atoms with Crippen LogP contribution < -0.4 is 9.64 Å². The fourth-order valence-electron chi connectivity index (χ4n) is 4.57. The second-order valence-electron chi connectivity index (χ2n) is 9.34. The van der Waals surface area contributed by atoms with E-state index in [1.165, 1.54) is 0 Å². The van der Waals surface area contributed by atoms with Crippen molar-refractivity contribution < 1.29 is 23.9 Å². The maximum atomic E-state index is 13.2. The van der Waals surface area contributed by atoms with Gasteiger partial charge in [0.25, 0.3) is 5.91 Å². The summed E-state index contributed by atoms with van der Waals surface area (Å²) in [6.07, 6.45) is 1.77. The van der Waals surface area contributed by atoms with Crippen LogP contribution in [0.25, 0.3) is 0 Å². The summed E-state index contributed by atoms with van der Waals surface area (Å²) < 4.78 is 10.9. The Labute approximate surface area is 224 Å². The van der Waals surface area contributed by atoms with Gasteiger partial charge < -0.3 is 19.3 Å². The highest BCUT2D eigenvalue weighted by molar-refractivity contribution is 5.94. The van der Waals surface area contributed by atoms with Crippen LogP contribution in [0.3, 0.4) is 0 Å². The number of piperidine rings is 1. The van der Waals surface area contributed by atoms with Crippen molar-refractivity contribution in [3.05, 3.63) is 96.1 Å². The molecule has 1 aliphatic rings. The van der Waals surface area contributed by atoms with Gasteiger partial charge in [-0.1, -0.05) is 60.7 Å². The van der Waals surface area contributed by atoms with E-state index in [1.807, 2.05) is 84.9 Å². The summed E-state index contributed by atoms with van der Waals surface area (Å²) in [4.78, 5) is 41.8. The highest BCUT2D eigenvalue weighted by Gasteiger charge is 2.29. The van der Waals surface area contributed by atoms with Gasteiger partial charge in [0.05, 0.1) is 25.5 Å². The van der Waals surface area contributed by atoms with Crippen molar-refractivity contribution >= 4 is 23.5 Å². The highest BCUT2D eigenvalue weighted by atomic mass is 16.5. The Bertz CT molecular complexity index is 1200. The number of para-hydroxylation sites is 1. The number of anilines is 1. The van der Waals surface area contributed by atoms with E-state index in [2.05, 4.69) is 0 Å². The van der Waals surface area contributed by atoms with E-state index >= 15 is 0 Å². The molecule has 1 saturated heterocycles. The Balaban J connectivity index is 1.42. The monoisotopic (exact) mass is 514 g/mol. The van der Waals surface area contributed by atoms with Crippen LogP contribution in [0.2, 0.25) is 0 Å². The number of ether oxygens (including phenoxy) is 2. The number of carbonyl (C=O) groups is 3. The van der Waals surface area contributed by atoms with Crippen molar-refractivity contribution in [3.8, 4) is 5.75 Å². The Hall–Kier alpha value is -4.13. The maximum Gasteiger partial charge on any atom is 0.310 e. The van der Waals surface area contributed by atoms with Gasteiger partial charge in [-0.05, 0) is 55.2 Å². The first-order valence-corrected chi connectivity index (χ1v) is 13.1. The molecule has 2 amide bonds. The predicted octanol–water partition coefficient (Wildman–Crippen LogP) is 4.64. The normalized spacial score (nSPS) is 15.0. The summed E-state index contributed by atoms with van der Waals surface area (Å²) in [5.41, 5.74) is 2.58. The number of esters is 1. The third kappa shape index (κ3) is 7.44. The topological polar surface area (TPSA) is 76.2 Å². The predicted molar refractivity (Wildman–Crippen MR) is 146 cm³/mol. The lowest BCUT2D eigenvalue weighted by atomic mass is 9.97. The largest absolute Gasteiger partial charge is 0.484 e. The van der Waals surface area contributed by atoms with Crippen LogP contribution in [-0.2, 0) is 32.1 Å². The zero-order chi connectivity index (χ0) is 26.7. The molecule has 0 saturated carbocycles. The fraction of sp³-hybridized carbons (Fsp3) is 0.323. The number of benzene rings is 3. The molecular weight excluding hydrogens is 480 g/mol. The summed E-state index contributed by atoms with van der Waals surface area (Å²) in [7, 11) is 0. The van der Waals surface area contributed by atoms with Gasteiger partial charge in [0, 0.05) is 18.8 Å². The van der Waals surface area contributed by atoms with Crippen LogP contribution >= 0.6 is 0 Å². The van der Waals surface area contributed by atoms with Crippen molar-refractivity contribution in [1.82, 2.24) is 4.90 Å². The standard InChI is InChI=1S/C31H34N2O5/c1-2-37-31(36)26-12-9-19-32(22-26)29(34)20-24-15-17-27(18-16-24)33(21-25-10-5-3-6-11-25)30(35)23-38-28-13-7-4-8-14-28/h3-8,10-11,13-18,26H,2,9,12,19-23H2,1H3/t26-/m0/s1. The number of hydrogen-bond acceptors (Lipinski definition) is 5. The minimum atomic E-state index is -0.259. The zero-order valence-corrected chi connectivity index (χ0v) is 21.8. The van der Waals surface area contributed by atoms with Gasteiger partial charge in [-0.25, -0.2) is 0 Å². The van der Waals surface area contributed by atoms with E-state index < -0.39 is 0 Å². The van der Waals surface area contributed by atoms with E-state index in [9.17, 15) is 14.4 Å². The van der Waals surface area contributed by atoms with E-state index in [1.54, 1.807) is 16.7 Å². The van der Waals surface area contributed by atoms with Gasteiger partial charge in [-0.15, -0.1) is 0 Å². The van der Waals surface area contributed by atoms with Crippen molar-refractivity contribution in [2.75, 3.05) is 31.2 Å². The average Bonchev–Trinajstić information content (AvgIpc) is 2.96. The molecule has 0 aromatic heterocycles. The number of hydrogen-bond donors (Lipinski definition) is 0. The molecule has 0 spiro atoms. The summed E-state index contributed by atoms with van der Waals surface area (Å²) in [6.45, 7) is 3.49. The molecule has 0 unspecified atom stereocenters. The molecule has 38 heavy (non-hydrogen) atoms. The Morgan fingerprint density at radius 2 is 1.58 bits per heavy atom. The minimum absolute atomic E-state index is 0.0137. The van der Waals surface area contributed by atoms with Gasteiger partial charge in [0.15, 0.2) is 6.61 Å². The molecule has 0 aliphatic carbocycles. The number of rotatable bonds is 10. The lowest BCUT2D eigenvalue weighted by Crippen LogP contribution is -2.43. The molecule has 7 nitrogen and oxygen atoms in total. The molecule has 0 radical (unpaired) electrons. The smallest absolute Gasteiger partial charge is 0.310 e. The van der Waals surface area contributed by atoms with Gasteiger partial charge >= 0.3 is 5.97 Å². The molecule has 3 aromatic carbocycles. The molecule has 4 rings (SSSR count). The molecular formula is C31H34N2O5. The molecule has 3 aromatic rings. The number of amides is 2. The summed E-state index contributed by atoms with van der Waals surface area (Å²) >= 11 is 0. The van der Waals surface area contributed by atoms with E-state index in [4.69, 9.17) is 9.47 Å². The van der Waals surface area contributed by atoms with Gasteiger partial charge in [-0.3, -0.25) is 14.4 Å². The number of nitrogens with zero attached hydrogens (tertiary/aromatic N) is 2. The molecule has 1 heterocycles. The maximum absolute atomic E-state index is 13.2. The molecule has 198 valence electrons. The average molecular weight is 515 g/mol. The lowest BCUT2D eigenvalue weighted by molar-refractivity contribution is -0.151. The third-order valence-electron chi connectivity index (χ3n) is 6.59. The van der Waals surface area contributed by atoms with Gasteiger partial charge in [0.1, 0.15) is 5.75 Å². The molecule has 1 fully saturated rings. The first-order chi connectivity index (χ1) is 18.5. The number of likely N-dealkylation sites (tertiary alicyclic amines) is 1. The van der Waals surface area contributed by atoms with Crippen molar-refractivity contribution in [3.63, 3.8) is 0 Å². The first-order valence-electron chi connectivity index (χ1n) is 13.1. The second-order valence-corrected chi connectivity index (χ2v) is 9.34. The molecule has 7 heteroatoms. The van der Waals surface area contributed by atoms with E-state index in [0.717, 1.165) is 29.7 Å². The lowest BCUT2D eigenvalue weighted by Gasteiger charge is -2.31. The number of carbonyl (C=O) groups excluding carboxylic acids is 3.